The van der Waals surface area contributed by atoms with Crippen molar-refractivity contribution in [2.75, 3.05) is 0 Å². The molecule has 0 bridgehead atoms. The highest BCUT2D eigenvalue weighted by molar-refractivity contribution is 6.14. The van der Waals surface area contributed by atoms with E-state index in [1.54, 1.807) is 0 Å². The van der Waals surface area contributed by atoms with Crippen LogP contribution in [0.4, 0.5) is 0 Å². The van der Waals surface area contributed by atoms with Crippen molar-refractivity contribution >= 4 is 27.5 Å². The lowest BCUT2D eigenvalue weighted by Crippen LogP contribution is -2.11. The molecule has 0 saturated heterocycles. The van der Waals surface area contributed by atoms with Gasteiger partial charge in [-0.25, -0.2) is 4.79 Å². The van der Waals surface area contributed by atoms with E-state index >= 15 is 0 Å². The molecule has 3 rings (SSSR count). The lowest BCUT2D eigenvalue weighted by atomic mass is 9.98. The molecule has 3 aromatic rings. The number of hydrogen-bond donors (Lipinski definition) is 0. The second-order valence-electron chi connectivity index (χ2n) is 5.14. The number of carbonyl (C=O) groups is 1. The third-order valence-electron chi connectivity index (χ3n) is 3.35. The molecule has 0 aliphatic heterocycles. The Morgan fingerprint density at radius 3 is 2.40 bits per heavy atom. The smallest absolute Gasteiger partial charge is 0.339 e. The van der Waals surface area contributed by atoms with Crippen LogP contribution in [0.2, 0.25) is 0 Å². The molecule has 0 aliphatic rings. The predicted octanol–water partition coefficient (Wildman–Crippen LogP) is 4.56. The van der Waals surface area contributed by atoms with Crippen molar-refractivity contribution in [2.45, 2.75) is 20.0 Å². The molecule has 0 unspecified atom stereocenters. The molecule has 0 aliphatic carbocycles. The van der Waals surface area contributed by atoms with Gasteiger partial charge >= 0.3 is 5.97 Å². The van der Waals surface area contributed by atoms with Crippen molar-refractivity contribution in [3.8, 4) is 0 Å². The number of esters is 1. The molecule has 3 aromatic carbocycles. The molecule has 0 radical (unpaired) electrons. The quantitative estimate of drug-likeness (QED) is 0.501. The van der Waals surface area contributed by atoms with Crippen molar-refractivity contribution in [1.29, 1.82) is 0 Å². The fourth-order valence-corrected chi connectivity index (χ4v) is 2.50. The van der Waals surface area contributed by atoms with Crippen LogP contribution in [0.15, 0.2) is 54.6 Å². The first-order valence-corrected chi connectivity index (χ1v) is 6.78. The topological polar surface area (TPSA) is 26.3 Å². The first-order chi connectivity index (χ1) is 9.66. The summed E-state index contributed by atoms with van der Waals surface area (Å²) in [6.45, 7) is 3.72. The van der Waals surface area contributed by atoms with Crippen LogP contribution in [-0.4, -0.2) is 12.1 Å². The molecule has 2 nitrogen and oxygen atoms in total. The molecule has 0 amide bonds. The Kier molecular flexibility index (Phi) is 3.15. The van der Waals surface area contributed by atoms with Crippen LogP contribution in [0.25, 0.3) is 21.5 Å². The number of rotatable bonds is 2. The standard InChI is InChI=1S/C18H16O2/c1-12(2)20-18(19)17-9-5-8-15-14-7-4-3-6-13(14)10-11-16(15)17/h3-12H,1-2H3. The van der Waals surface area contributed by atoms with Crippen molar-refractivity contribution in [3.05, 3.63) is 60.2 Å². The predicted molar refractivity (Wildman–Crippen MR) is 82.0 cm³/mol. The highest BCUT2D eigenvalue weighted by atomic mass is 16.5. The molecule has 2 heteroatoms. The summed E-state index contributed by atoms with van der Waals surface area (Å²) in [6.07, 6.45) is -0.113. The van der Waals surface area contributed by atoms with Gasteiger partial charge in [-0.15, -0.1) is 0 Å². The van der Waals surface area contributed by atoms with Crippen LogP contribution in [0, 0.1) is 0 Å². The van der Waals surface area contributed by atoms with Crippen LogP contribution in [0.5, 0.6) is 0 Å². The Labute approximate surface area is 118 Å². The van der Waals surface area contributed by atoms with Gasteiger partial charge in [0.1, 0.15) is 0 Å². The number of benzene rings is 3. The lowest BCUT2D eigenvalue weighted by molar-refractivity contribution is 0.0380. The molecule has 0 heterocycles. The van der Waals surface area contributed by atoms with Gasteiger partial charge in [0.15, 0.2) is 0 Å². The lowest BCUT2D eigenvalue weighted by Gasteiger charge is -2.11. The van der Waals surface area contributed by atoms with E-state index in [0.717, 1.165) is 16.2 Å². The normalized spacial score (nSPS) is 11.2. The van der Waals surface area contributed by atoms with Gasteiger partial charge in [0.25, 0.3) is 0 Å². The Balaban J connectivity index is 2.25. The zero-order valence-electron chi connectivity index (χ0n) is 11.6. The minimum absolute atomic E-state index is 0.113. The van der Waals surface area contributed by atoms with Crippen LogP contribution >= 0.6 is 0 Å². The van der Waals surface area contributed by atoms with Gasteiger partial charge in [-0.2, -0.15) is 0 Å². The van der Waals surface area contributed by atoms with E-state index in [1.165, 1.54) is 5.39 Å². The average molecular weight is 264 g/mol. The second-order valence-corrected chi connectivity index (χ2v) is 5.14. The summed E-state index contributed by atoms with van der Waals surface area (Å²) in [4.78, 5) is 12.2. The van der Waals surface area contributed by atoms with Crippen molar-refractivity contribution in [1.82, 2.24) is 0 Å². The number of hydrogen-bond acceptors (Lipinski definition) is 2. The van der Waals surface area contributed by atoms with E-state index in [9.17, 15) is 4.79 Å². The highest BCUT2D eigenvalue weighted by Crippen LogP contribution is 2.28. The van der Waals surface area contributed by atoms with Gasteiger partial charge < -0.3 is 4.74 Å². The first kappa shape index (κ1) is 12.7. The van der Waals surface area contributed by atoms with Gasteiger partial charge in [-0.1, -0.05) is 48.5 Å². The second kappa shape index (κ2) is 4.97. The molecule has 0 N–H and O–H groups in total. The molecule has 0 spiro atoms. The molecular weight excluding hydrogens is 248 g/mol. The maximum absolute atomic E-state index is 12.2. The van der Waals surface area contributed by atoms with E-state index in [4.69, 9.17) is 4.74 Å². The van der Waals surface area contributed by atoms with Crippen molar-refractivity contribution < 1.29 is 9.53 Å². The zero-order chi connectivity index (χ0) is 14.1. The van der Waals surface area contributed by atoms with Crippen LogP contribution in [0.3, 0.4) is 0 Å². The Morgan fingerprint density at radius 2 is 1.60 bits per heavy atom. The molecule has 0 atom stereocenters. The summed E-state index contributed by atoms with van der Waals surface area (Å²) in [6, 6.07) is 18.0. The monoisotopic (exact) mass is 264 g/mol. The maximum Gasteiger partial charge on any atom is 0.339 e. The molecule has 20 heavy (non-hydrogen) atoms. The Morgan fingerprint density at radius 1 is 0.850 bits per heavy atom. The van der Waals surface area contributed by atoms with Gasteiger partial charge in [0.2, 0.25) is 0 Å². The number of ether oxygens (including phenoxy) is 1. The Bertz CT molecular complexity index is 788. The largest absolute Gasteiger partial charge is 0.459 e. The van der Waals surface area contributed by atoms with Gasteiger partial charge in [0.05, 0.1) is 11.7 Å². The van der Waals surface area contributed by atoms with Crippen molar-refractivity contribution in [2.24, 2.45) is 0 Å². The Hall–Kier alpha value is -2.35. The summed E-state index contributed by atoms with van der Waals surface area (Å²) >= 11 is 0. The number of carbonyl (C=O) groups excluding carboxylic acids is 1. The van der Waals surface area contributed by atoms with Gasteiger partial charge in [-0.05, 0) is 41.5 Å². The molecular formula is C18H16O2. The zero-order valence-corrected chi connectivity index (χ0v) is 11.6. The van der Waals surface area contributed by atoms with Crippen LogP contribution in [-0.2, 0) is 4.74 Å². The summed E-state index contributed by atoms with van der Waals surface area (Å²) in [5.74, 6) is -0.263. The van der Waals surface area contributed by atoms with Gasteiger partial charge in [-0.3, -0.25) is 0 Å². The van der Waals surface area contributed by atoms with Gasteiger partial charge in [0, 0.05) is 0 Å². The average Bonchev–Trinajstić information content (AvgIpc) is 2.45. The fraction of sp³-hybridized carbons (Fsp3) is 0.167. The van der Waals surface area contributed by atoms with Crippen LogP contribution < -0.4 is 0 Å². The first-order valence-electron chi connectivity index (χ1n) is 6.78. The minimum Gasteiger partial charge on any atom is -0.459 e. The van der Waals surface area contributed by atoms with Crippen LogP contribution in [0.1, 0.15) is 24.2 Å². The summed E-state index contributed by atoms with van der Waals surface area (Å²) in [7, 11) is 0. The minimum atomic E-state index is -0.263. The summed E-state index contributed by atoms with van der Waals surface area (Å²) in [5.41, 5.74) is 0.627. The maximum atomic E-state index is 12.2. The molecule has 100 valence electrons. The molecule has 0 aromatic heterocycles. The fourth-order valence-electron chi connectivity index (χ4n) is 2.50. The van der Waals surface area contributed by atoms with E-state index < -0.39 is 0 Å². The third-order valence-corrected chi connectivity index (χ3v) is 3.35. The van der Waals surface area contributed by atoms with E-state index in [-0.39, 0.29) is 12.1 Å². The van der Waals surface area contributed by atoms with E-state index in [2.05, 4.69) is 12.1 Å². The SMILES string of the molecule is CC(C)OC(=O)c1cccc2c1ccc1ccccc12. The molecule has 0 saturated carbocycles. The number of fused-ring (bicyclic) bond motifs is 3. The summed E-state index contributed by atoms with van der Waals surface area (Å²) < 4.78 is 5.32. The molecule has 0 fully saturated rings. The van der Waals surface area contributed by atoms with Crippen molar-refractivity contribution in [3.63, 3.8) is 0 Å². The third kappa shape index (κ3) is 2.14. The highest BCUT2D eigenvalue weighted by Gasteiger charge is 2.13. The van der Waals surface area contributed by atoms with E-state index in [0.29, 0.717) is 5.56 Å². The summed E-state index contributed by atoms with van der Waals surface area (Å²) in [5, 5.41) is 4.36. The van der Waals surface area contributed by atoms with E-state index in [1.807, 2.05) is 56.3 Å².